The molecule has 0 unspecified atom stereocenters. The van der Waals surface area contributed by atoms with Crippen LogP contribution in [0.15, 0.2) is 50.7 Å². The van der Waals surface area contributed by atoms with E-state index in [4.69, 9.17) is 4.42 Å². The summed E-state index contributed by atoms with van der Waals surface area (Å²) in [7, 11) is 0. The van der Waals surface area contributed by atoms with Gasteiger partial charge in [-0.05, 0) is 49.9 Å². The van der Waals surface area contributed by atoms with E-state index in [1.54, 1.807) is 0 Å². The zero-order valence-electron chi connectivity index (χ0n) is 11.7. The van der Waals surface area contributed by atoms with Crippen molar-refractivity contribution < 1.29 is 9.21 Å². The number of amidine groups is 1. The number of thioether (sulfide) groups is 1. The van der Waals surface area contributed by atoms with Gasteiger partial charge in [0, 0.05) is 5.56 Å². The van der Waals surface area contributed by atoms with Gasteiger partial charge in [-0.2, -0.15) is 0 Å². The number of furan rings is 1. The highest BCUT2D eigenvalue weighted by molar-refractivity contribution is 8.18. The van der Waals surface area contributed by atoms with Gasteiger partial charge in [0.05, 0.1) is 10.6 Å². The van der Waals surface area contributed by atoms with Crippen molar-refractivity contribution in [3.05, 3.63) is 58.4 Å². The summed E-state index contributed by atoms with van der Waals surface area (Å²) < 4.78 is 5.47. The van der Waals surface area contributed by atoms with Gasteiger partial charge in [-0.15, -0.1) is 0 Å². The minimum absolute atomic E-state index is 0.132. The van der Waals surface area contributed by atoms with Crippen molar-refractivity contribution in [1.29, 1.82) is 0 Å². The molecule has 0 spiro atoms. The zero-order valence-corrected chi connectivity index (χ0v) is 12.5. The van der Waals surface area contributed by atoms with Gasteiger partial charge in [0.15, 0.2) is 5.17 Å². The Morgan fingerprint density at radius 3 is 2.67 bits per heavy atom. The predicted octanol–water partition coefficient (Wildman–Crippen LogP) is 3.79. The van der Waals surface area contributed by atoms with E-state index in [0.717, 1.165) is 22.8 Å². The van der Waals surface area contributed by atoms with Gasteiger partial charge in [-0.1, -0.05) is 18.2 Å². The van der Waals surface area contributed by atoms with Gasteiger partial charge in [-0.3, -0.25) is 4.79 Å². The van der Waals surface area contributed by atoms with Crippen LogP contribution in [0.2, 0.25) is 0 Å². The van der Waals surface area contributed by atoms with Gasteiger partial charge in [0.1, 0.15) is 11.5 Å². The Bertz CT molecular complexity index is 745. The maximum atomic E-state index is 12.0. The van der Waals surface area contributed by atoms with Gasteiger partial charge in [0.2, 0.25) is 0 Å². The summed E-state index contributed by atoms with van der Waals surface area (Å²) in [6.07, 6.45) is 1.83. The summed E-state index contributed by atoms with van der Waals surface area (Å²) in [5.74, 6) is 1.51. The second-order valence-corrected chi connectivity index (χ2v) is 5.72. The van der Waals surface area contributed by atoms with Crippen LogP contribution in [0, 0.1) is 13.8 Å². The lowest BCUT2D eigenvalue weighted by molar-refractivity contribution is -0.115. The van der Waals surface area contributed by atoms with Crippen molar-refractivity contribution in [1.82, 2.24) is 5.32 Å². The van der Waals surface area contributed by atoms with Crippen molar-refractivity contribution in [3.8, 4) is 0 Å². The molecule has 3 rings (SSSR count). The molecule has 1 aromatic heterocycles. The summed E-state index contributed by atoms with van der Waals surface area (Å²) in [5, 5.41) is 3.37. The van der Waals surface area contributed by atoms with E-state index in [9.17, 15) is 4.79 Å². The third kappa shape index (κ3) is 3.08. The number of nitrogens with zero attached hydrogens (tertiary/aromatic N) is 1. The van der Waals surface area contributed by atoms with Gasteiger partial charge in [0.25, 0.3) is 5.91 Å². The molecule has 0 atom stereocenters. The monoisotopic (exact) mass is 298 g/mol. The highest BCUT2D eigenvalue weighted by Crippen LogP contribution is 2.29. The van der Waals surface area contributed by atoms with Crippen LogP contribution in [0.4, 0.5) is 5.69 Å². The quantitative estimate of drug-likeness (QED) is 0.858. The van der Waals surface area contributed by atoms with Gasteiger partial charge >= 0.3 is 0 Å². The first-order valence-corrected chi connectivity index (χ1v) is 7.35. The summed E-state index contributed by atoms with van der Waals surface area (Å²) in [6, 6.07) is 11.5. The first-order valence-electron chi connectivity index (χ1n) is 6.53. The maximum absolute atomic E-state index is 12.0. The van der Waals surface area contributed by atoms with E-state index in [1.165, 1.54) is 11.8 Å². The molecule has 2 aromatic rings. The Hall–Kier alpha value is -2.27. The molecule has 0 aliphatic carbocycles. The minimum Gasteiger partial charge on any atom is -0.466 e. The third-order valence-corrected chi connectivity index (χ3v) is 3.91. The summed E-state index contributed by atoms with van der Waals surface area (Å²) in [6.45, 7) is 3.77. The lowest BCUT2D eigenvalue weighted by atomic mass is 10.2. The number of nitrogens with one attached hydrogen (secondary N) is 1. The standard InChI is InChI=1S/C16H14N2O2S/c1-10-8-12(11(2)20-10)9-14-15(19)18-16(21-14)17-13-6-4-3-5-7-13/h3-9H,1-2H3,(H,17,18,19)/b14-9-. The molecule has 1 N–H and O–H groups in total. The number of hydrogen-bond donors (Lipinski definition) is 1. The minimum atomic E-state index is -0.132. The molecule has 1 amide bonds. The molecule has 21 heavy (non-hydrogen) atoms. The van der Waals surface area contributed by atoms with E-state index >= 15 is 0 Å². The molecule has 0 bridgehead atoms. The zero-order chi connectivity index (χ0) is 14.8. The number of aliphatic imine (C=N–C) groups is 1. The SMILES string of the molecule is Cc1cc(/C=C2\SC(=Nc3ccccc3)NC2=O)c(C)o1. The van der Waals surface area contributed by atoms with Gasteiger partial charge in [-0.25, -0.2) is 4.99 Å². The smallest absolute Gasteiger partial charge is 0.264 e. The molecule has 106 valence electrons. The highest BCUT2D eigenvalue weighted by atomic mass is 32.2. The lowest BCUT2D eigenvalue weighted by Crippen LogP contribution is -2.19. The first kappa shape index (κ1) is 13.7. The fourth-order valence-electron chi connectivity index (χ4n) is 2.04. The molecule has 1 aromatic carbocycles. The van der Waals surface area contributed by atoms with Crippen LogP contribution >= 0.6 is 11.8 Å². The molecule has 1 aliphatic heterocycles. The fraction of sp³-hybridized carbons (Fsp3) is 0.125. The number of hydrogen-bond acceptors (Lipinski definition) is 4. The van der Waals surface area contributed by atoms with Crippen LogP contribution in [-0.2, 0) is 4.79 Å². The molecule has 2 heterocycles. The number of carbonyl (C=O) groups excluding carboxylic acids is 1. The number of carbonyl (C=O) groups is 1. The fourth-order valence-corrected chi connectivity index (χ4v) is 2.87. The maximum Gasteiger partial charge on any atom is 0.264 e. The molecule has 1 saturated heterocycles. The third-order valence-electron chi connectivity index (χ3n) is 3.00. The largest absolute Gasteiger partial charge is 0.466 e. The Labute approximate surface area is 127 Å². The van der Waals surface area contributed by atoms with Crippen molar-refractivity contribution in [3.63, 3.8) is 0 Å². The van der Waals surface area contributed by atoms with Crippen molar-refractivity contribution in [2.45, 2.75) is 13.8 Å². The summed E-state index contributed by atoms with van der Waals surface area (Å²) in [5.41, 5.74) is 1.74. The Kier molecular flexibility index (Phi) is 3.66. The number of para-hydroxylation sites is 1. The molecule has 1 aliphatic rings. The Balaban J connectivity index is 1.85. The van der Waals surface area contributed by atoms with E-state index in [0.29, 0.717) is 10.1 Å². The second kappa shape index (κ2) is 5.61. The predicted molar refractivity (Wildman–Crippen MR) is 85.4 cm³/mol. The van der Waals surface area contributed by atoms with Crippen molar-refractivity contribution in [2.75, 3.05) is 0 Å². The lowest BCUT2D eigenvalue weighted by Gasteiger charge is -1.94. The average molecular weight is 298 g/mol. The molecule has 0 saturated carbocycles. The highest BCUT2D eigenvalue weighted by Gasteiger charge is 2.24. The first-order chi connectivity index (χ1) is 10.1. The van der Waals surface area contributed by atoms with E-state index in [2.05, 4.69) is 10.3 Å². The van der Waals surface area contributed by atoms with Crippen molar-refractivity contribution >= 4 is 34.6 Å². The van der Waals surface area contributed by atoms with Crippen LogP contribution in [0.3, 0.4) is 0 Å². The molecular weight excluding hydrogens is 284 g/mol. The van der Waals surface area contributed by atoms with E-state index in [1.807, 2.05) is 56.3 Å². The second-order valence-electron chi connectivity index (χ2n) is 4.69. The van der Waals surface area contributed by atoms with E-state index in [-0.39, 0.29) is 5.91 Å². The molecule has 0 radical (unpaired) electrons. The van der Waals surface area contributed by atoms with Crippen molar-refractivity contribution in [2.24, 2.45) is 4.99 Å². The van der Waals surface area contributed by atoms with Gasteiger partial charge < -0.3 is 9.73 Å². The van der Waals surface area contributed by atoms with Crippen LogP contribution in [0.25, 0.3) is 6.08 Å². The van der Waals surface area contributed by atoms with Crippen LogP contribution in [-0.4, -0.2) is 11.1 Å². The Morgan fingerprint density at radius 2 is 2.00 bits per heavy atom. The molecule has 1 fully saturated rings. The normalized spacial score (nSPS) is 18.5. The summed E-state index contributed by atoms with van der Waals surface area (Å²) in [4.78, 5) is 17.0. The van der Waals surface area contributed by atoms with Crippen LogP contribution in [0.1, 0.15) is 17.1 Å². The van der Waals surface area contributed by atoms with Crippen LogP contribution in [0.5, 0.6) is 0 Å². The summed E-state index contributed by atoms with van der Waals surface area (Å²) >= 11 is 1.34. The topological polar surface area (TPSA) is 54.6 Å². The average Bonchev–Trinajstić information content (AvgIpc) is 2.94. The Morgan fingerprint density at radius 1 is 1.24 bits per heavy atom. The molecule has 5 heteroatoms. The van der Waals surface area contributed by atoms with E-state index < -0.39 is 0 Å². The number of rotatable bonds is 2. The molecular formula is C16H14N2O2S. The number of amides is 1. The van der Waals surface area contributed by atoms with Crippen LogP contribution < -0.4 is 5.32 Å². The number of aryl methyl sites for hydroxylation is 2. The molecule has 4 nitrogen and oxygen atoms in total. The number of benzene rings is 1.